The Morgan fingerprint density at radius 3 is 1.34 bits per heavy atom. The summed E-state index contributed by atoms with van der Waals surface area (Å²) in [6.45, 7) is 4.67. The molecule has 0 radical (unpaired) electrons. The van der Waals surface area contributed by atoms with Crippen LogP contribution in [0.4, 0.5) is 0 Å². The number of rotatable bonds is 24. The molecule has 0 aliphatic heterocycles. The lowest BCUT2D eigenvalue weighted by molar-refractivity contribution is -0.143. The zero-order valence-electron chi connectivity index (χ0n) is 21.1. The standard InChI is InChI=1S/C26H52O5S/c1-3-5-7-9-11-13-14-15-16-17-19-21-23-25(32(28,29)30)26(27)31-24-22-20-18-12-10-8-6-4-2/h25H,3-24H2,1-2H3,(H,28,29,30). The maximum absolute atomic E-state index is 12.2. The monoisotopic (exact) mass is 476 g/mol. The van der Waals surface area contributed by atoms with Crippen molar-refractivity contribution in [3.05, 3.63) is 0 Å². The minimum Gasteiger partial charge on any atom is -0.465 e. The molecule has 0 aromatic rings. The first-order chi connectivity index (χ1) is 15.4. The summed E-state index contributed by atoms with van der Waals surface area (Å²) in [6, 6.07) is 0. The zero-order chi connectivity index (χ0) is 23.9. The molecule has 0 amide bonds. The van der Waals surface area contributed by atoms with Crippen molar-refractivity contribution in [1.29, 1.82) is 0 Å². The van der Waals surface area contributed by atoms with Gasteiger partial charge in [-0.2, -0.15) is 8.42 Å². The predicted molar refractivity (Wildman–Crippen MR) is 135 cm³/mol. The summed E-state index contributed by atoms with van der Waals surface area (Å²) < 4.78 is 37.8. The van der Waals surface area contributed by atoms with E-state index >= 15 is 0 Å². The molecule has 0 aromatic heterocycles. The molecule has 5 nitrogen and oxygen atoms in total. The van der Waals surface area contributed by atoms with Gasteiger partial charge in [0.1, 0.15) is 0 Å². The van der Waals surface area contributed by atoms with Gasteiger partial charge in [0.2, 0.25) is 0 Å². The zero-order valence-corrected chi connectivity index (χ0v) is 21.9. The Bertz CT molecular complexity index is 518. The van der Waals surface area contributed by atoms with Gasteiger partial charge >= 0.3 is 5.97 Å². The molecule has 32 heavy (non-hydrogen) atoms. The maximum atomic E-state index is 12.2. The second-order valence-electron chi connectivity index (χ2n) is 9.32. The van der Waals surface area contributed by atoms with Crippen molar-refractivity contribution in [2.24, 2.45) is 0 Å². The first-order valence-electron chi connectivity index (χ1n) is 13.6. The average molecular weight is 477 g/mol. The predicted octanol–water partition coefficient (Wildman–Crippen LogP) is 8.02. The third-order valence-electron chi connectivity index (χ3n) is 6.18. The summed E-state index contributed by atoms with van der Waals surface area (Å²) in [5.74, 6) is -0.793. The Kier molecular flexibility index (Phi) is 21.8. The van der Waals surface area contributed by atoms with Gasteiger partial charge < -0.3 is 4.74 Å². The fraction of sp³-hybridized carbons (Fsp3) is 0.962. The second kappa shape index (κ2) is 22.2. The highest BCUT2D eigenvalue weighted by Gasteiger charge is 2.31. The summed E-state index contributed by atoms with van der Waals surface area (Å²) in [7, 11) is -4.41. The SMILES string of the molecule is CCCCCCCCCCCCCCC(C(=O)OCCCCCCCCCC)S(=O)(=O)O. The van der Waals surface area contributed by atoms with E-state index in [1.54, 1.807) is 0 Å². The third-order valence-corrected chi connectivity index (χ3v) is 7.33. The molecule has 0 saturated carbocycles. The molecule has 192 valence electrons. The van der Waals surface area contributed by atoms with E-state index in [0.29, 0.717) is 6.42 Å². The molecule has 1 unspecified atom stereocenters. The number of ether oxygens (including phenoxy) is 1. The highest BCUT2D eigenvalue weighted by atomic mass is 32.2. The van der Waals surface area contributed by atoms with E-state index in [0.717, 1.165) is 38.5 Å². The summed E-state index contributed by atoms with van der Waals surface area (Å²) in [5.41, 5.74) is 0. The molecule has 0 bridgehead atoms. The molecule has 1 atom stereocenters. The molecule has 6 heteroatoms. The number of esters is 1. The Labute approximate surface area is 199 Å². The highest BCUT2D eigenvalue weighted by molar-refractivity contribution is 7.87. The van der Waals surface area contributed by atoms with Gasteiger partial charge in [-0.25, -0.2) is 0 Å². The summed E-state index contributed by atoms with van der Waals surface area (Å²) in [4.78, 5) is 12.2. The molecule has 0 rings (SSSR count). The van der Waals surface area contributed by atoms with Crippen LogP contribution in [-0.4, -0.2) is 30.8 Å². The summed E-state index contributed by atoms with van der Waals surface area (Å²) >= 11 is 0. The van der Waals surface area contributed by atoms with Crippen molar-refractivity contribution < 1.29 is 22.5 Å². The number of carbonyl (C=O) groups excluding carboxylic acids is 1. The van der Waals surface area contributed by atoms with E-state index < -0.39 is 21.3 Å². The Hall–Kier alpha value is -0.620. The largest absolute Gasteiger partial charge is 0.465 e. The number of hydrogen-bond acceptors (Lipinski definition) is 4. The van der Waals surface area contributed by atoms with Gasteiger partial charge in [0.25, 0.3) is 10.1 Å². The fourth-order valence-electron chi connectivity index (χ4n) is 4.06. The van der Waals surface area contributed by atoms with E-state index in [1.807, 2.05) is 0 Å². The lowest BCUT2D eigenvalue weighted by Crippen LogP contribution is -2.32. The van der Waals surface area contributed by atoms with E-state index in [-0.39, 0.29) is 13.0 Å². The molecule has 0 aromatic carbocycles. The van der Waals surface area contributed by atoms with Gasteiger partial charge in [0, 0.05) is 0 Å². The molecular formula is C26H52O5S. The topological polar surface area (TPSA) is 80.7 Å². The minimum absolute atomic E-state index is 0.145. The molecule has 0 aliphatic rings. The van der Waals surface area contributed by atoms with Crippen molar-refractivity contribution in [1.82, 2.24) is 0 Å². The van der Waals surface area contributed by atoms with Crippen molar-refractivity contribution in [2.75, 3.05) is 6.61 Å². The van der Waals surface area contributed by atoms with Crippen LogP contribution in [0.15, 0.2) is 0 Å². The Morgan fingerprint density at radius 2 is 0.969 bits per heavy atom. The van der Waals surface area contributed by atoms with E-state index in [2.05, 4.69) is 13.8 Å². The van der Waals surface area contributed by atoms with Crippen LogP contribution in [0.3, 0.4) is 0 Å². The molecule has 0 spiro atoms. The molecule has 0 fully saturated rings. The van der Waals surface area contributed by atoms with Crippen LogP contribution < -0.4 is 0 Å². The Balaban J connectivity index is 3.80. The van der Waals surface area contributed by atoms with Crippen molar-refractivity contribution >= 4 is 16.1 Å². The van der Waals surface area contributed by atoms with E-state index in [1.165, 1.54) is 83.5 Å². The summed E-state index contributed by atoms with van der Waals surface area (Å²) in [6.07, 6.45) is 23.4. The third kappa shape index (κ3) is 20.0. The lowest BCUT2D eigenvalue weighted by atomic mass is 10.0. The van der Waals surface area contributed by atoms with Crippen molar-refractivity contribution in [3.8, 4) is 0 Å². The highest BCUT2D eigenvalue weighted by Crippen LogP contribution is 2.16. The molecule has 0 heterocycles. The fourth-order valence-corrected chi connectivity index (χ4v) is 4.84. The smallest absolute Gasteiger partial charge is 0.326 e. The van der Waals surface area contributed by atoms with Crippen LogP contribution >= 0.6 is 0 Å². The maximum Gasteiger partial charge on any atom is 0.326 e. The van der Waals surface area contributed by atoms with E-state index in [9.17, 15) is 17.8 Å². The normalized spacial score (nSPS) is 12.7. The van der Waals surface area contributed by atoms with Gasteiger partial charge in [-0.05, 0) is 12.8 Å². The minimum atomic E-state index is -4.41. The van der Waals surface area contributed by atoms with Crippen molar-refractivity contribution in [3.63, 3.8) is 0 Å². The van der Waals surface area contributed by atoms with Crippen molar-refractivity contribution in [2.45, 2.75) is 154 Å². The van der Waals surface area contributed by atoms with Crippen LogP contribution in [0, 0.1) is 0 Å². The number of hydrogen-bond donors (Lipinski definition) is 1. The Morgan fingerprint density at radius 1 is 0.625 bits per heavy atom. The number of unbranched alkanes of at least 4 members (excludes halogenated alkanes) is 18. The van der Waals surface area contributed by atoms with E-state index in [4.69, 9.17) is 4.74 Å². The van der Waals surface area contributed by atoms with Gasteiger partial charge in [-0.15, -0.1) is 0 Å². The van der Waals surface area contributed by atoms with Gasteiger partial charge in [-0.3, -0.25) is 9.35 Å². The molecule has 1 N–H and O–H groups in total. The van der Waals surface area contributed by atoms with Crippen LogP contribution in [0.25, 0.3) is 0 Å². The van der Waals surface area contributed by atoms with Gasteiger partial charge in [0.15, 0.2) is 5.25 Å². The van der Waals surface area contributed by atoms with Gasteiger partial charge in [-0.1, -0.05) is 136 Å². The van der Waals surface area contributed by atoms with Crippen LogP contribution in [-0.2, 0) is 19.6 Å². The number of carbonyl (C=O) groups is 1. The molecule has 0 saturated heterocycles. The first-order valence-corrected chi connectivity index (χ1v) is 15.1. The molecular weight excluding hydrogens is 424 g/mol. The van der Waals surface area contributed by atoms with Crippen LogP contribution in [0.5, 0.6) is 0 Å². The average Bonchev–Trinajstić information content (AvgIpc) is 2.74. The first kappa shape index (κ1) is 31.4. The quantitative estimate of drug-likeness (QED) is 0.0866. The lowest BCUT2D eigenvalue weighted by Gasteiger charge is -2.13. The second-order valence-corrected chi connectivity index (χ2v) is 10.9. The molecule has 0 aliphatic carbocycles. The summed E-state index contributed by atoms with van der Waals surface area (Å²) in [5, 5.41) is -1.43. The van der Waals surface area contributed by atoms with Crippen LogP contribution in [0.2, 0.25) is 0 Å². The van der Waals surface area contributed by atoms with Gasteiger partial charge in [0.05, 0.1) is 6.61 Å². The van der Waals surface area contributed by atoms with Crippen LogP contribution in [0.1, 0.15) is 149 Å².